The molecule has 2 aromatic carbocycles. The summed E-state index contributed by atoms with van der Waals surface area (Å²) in [6, 6.07) is 7.96. The van der Waals surface area contributed by atoms with E-state index in [1.54, 1.807) is 0 Å². The van der Waals surface area contributed by atoms with E-state index in [1.807, 2.05) is 0 Å². The first-order chi connectivity index (χ1) is 15.4. The molecular weight excluding hydrogens is 476 g/mol. The van der Waals surface area contributed by atoms with Crippen molar-refractivity contribution in [2.24, 2.45) is 0 Å². The van der Waals surface area contributed by atoms with Gasteiger partial charge in [0.1, 0.15) is 4.90 Å². The quantitative estimate of drug-likeness (QED) is 0.230. The third-order valence-corrected chi connectivity index (χ3v) is 8.06. The molecule has 0 radical (unpaired) electrons. The predicted octanol–water partition coefficient (Wildman–Crippen LogP) is 1.82. The van der Waals surface area contributed by atoms with Crippen molar-refractivity contribution in [3.8, 4) is 0 Å². The Hall–Kier alpha value is -3.16. The Morgan fingerprint density at radius 1 is 1.00 bits per heavy atom. The highest BCUT2D eigenvalue weighted by Gasteiger charge is 2.27. The molecule has 1 aliphatic heterocycles. The Balaban J connectivity index is 1.69. The van der Waals surface area contributed by atoms with Crippen molar-refractivity contribution >= 4 is 37.3 Å². The Morgan fingerprint density at radius 2 is 1.58 bits per heavy atom. The SMILES string of the molecule is CS(=O)(=O)c1ccc(C(=O)OCC(=O)c2ccc(S(=O)(=O)N3CCCC3)cc2)cc1[N+](=O)[O-]. The number of Topliss-reactive ketones (excluding diaryl/α,β-unsaturated/α-hetero) is 1. The summed E-state index contributed by atoms with van der Waals surface area (Å²) in [6.07, 6.45) is 2.39. The molecule has 1 saturated heterocycles. The lowest BCUT2D eigenvalue weighted by Gasteiger charge is -2.15. The third-order valence-electron chi connectivity index (χ3n) is 5.00. The van der Waals surface area contributed by atoms with Gasteiger partial charge in [-0.25, -0.2) is 21.6 Å². The molecule has 2 aromatic rings. The number of hydrogen-bond donors (Lipinski definition) is 0. The van der Waals surface area contributed by atoms with Crippen LogP contribution in [0.5, 0.6) is 0 Å². The number of hydrogen-bond acceptors (Lipinski definition) is 9. The number of carbonyl (C=O) groups is 2. The lowest BCUT2D eigenvalue weighted by atomic mass is 10.1. The van der Waals surface area contributed by atoms with Gasteiger partial charge >= 0.3 is 5.97 Å². The highest BCUT2D eigenvalue weighted by atomic mass is 32.2. The Morgan fingerprint density at radius 3 is 2.12 bits per heavy atom. The number of carbonyl (C=O) groups excluding carboxylic acids is 2. The number of nitro benzene ring substituents is 1. The van der Waals surface area contributed by atoms with Crippen molar-refractivity contribution in [3.63, 3.8) is 0 Å². The van der Waals surface area contributed by atoms with Gasteiger partial charge in [-0.05, 0) is 49.2 Å². The summed E-state index contributed by atoms with van der Waals surface area (Å²) in [5, 5.41) is 11.2. The van der Waals surface area contributed by atoms with Gasteiger partial charge in [0.05, 0.1) is 15.4 Å². The molecule has 33 heavy (non-hydrogen) atoms. The van der Waals surface area contributed by atoms with Crippen LogP contribution in [0.25, 0.3) is 0 Å². The van der Waals surface area contributed by atoms with Crippen LogP contribution >= 0.6 is 0 Å². The zero-order valence-electron chi connectivity index (χ0n) is 17.5. The van der Waals surface area contributed by atoms with E-state index in [-0.39, 0.29) is 16.0 Å². The summed E-state index contributed by atoms with van der Waals surface area (Å²) < 4.78 is 54.7. The van der Waals surface area contributed by atoms with Crippen molar-refractivity contribution in [2.75, 3.05) is 26.0 Å². The zero-order valence-corrected chi connectivity index (χ0v) is 19.1. The number of nitrogens with zero attached hydrogens (tertiary/aromatic N) is 2. The van der Waals surface area contributed by atoms with E-state index in [0.717, 1.165) is 37.3 Å². The first-order valence-electron chi connectivity index (χ1n) is 9.70. The largest absolute Gasteiger partial charge is 0.454 e. The molecule has 13 heteroatoms. The fraction of sp³-hybridized carbons (Fsp3) is 0.300. The normalized spacial score (nSPS) is 14.7. The average Bonchev–Trinajstić information content (AvgIpc) is 3.32. The highest BCUT2D eigenvalue weighted by molar-refractivity contribution is 7.90. The minimum Gasteiger partial charge on any atom is -0.454 e. The number of ketones is 1. The highest BCUT2D eigenvalue weighted by Crippen LogP contribution is 2.25. The van der Waals surface area contributed by atoms with Crippen LogP contribution in [0.2, 0.25) is 0 Å². The van der Waals surface area contributed by atoms with Crippen molar-refractivity contribution in [3.05, 3.63) is 63.7 Å². The van der Waals surface area contributed by atoms with Crippen LogP contribution in [0.1, 0.15) is 33.6 Å². The second kappa shape index (κ2) is 9.37. The number of ether oxygens (including phenoxy) is 1. The summed E-state index contributed by atoms with van der Waals surface area (Å²) in [5.41, 5.74) is -0.969. The Kier molecular flexibility index (Phi) is 6.95. The van der Waals surface area contributed by atoms with Gasteiger partial charge < -0.3 is 4.74 Å². The summed E-state index contributed by atoms with van der Waals surface area (Å²) in [7, 11) is -7.53. The van der Waals surface area contributed by atoms with Crippen LogP contribution in [0, 0.1) is 10.1 Å². The molecule has 3 rings (SSSR count). The molecule has 0 amide bonds. The second-order valence-corrected chi connectivity index (χ2v) is 11.3. The average molecular weight is 497 g/mol. The van der Waals surface area contributed by atoms with Gasteiger partial charge in [0, 0.05) is 31.0 Å². The minimum absolute atomic E-state index is 0.0521. The number of rotatable bonds is 8. The van der Waals surface area contributed by atoms with E-state index in [0.29, 0.717) is 13.1 Å². The number of sulfone groups is 1. The molecule has 0 saturated carbocycles. The van der Waals surface area contributed by atoms with Crippen molar-refractivity contribution in [1.82, 2.24) is 4.31 Å². The van der Waals surface area contributed by atoms with Crippen molar-refractivity contribution in [2.45, 2.75) is 22.6 Å². The molecule has 0 aliphatic carbocycles. The van der Waals surface area contributed by atoms with Crippen LogP contribution in [0.3, 0.4) is 0 Å². The fourth-order valence-corrected chi connectivity index (χ4v) is 5.63. The molecule has 0 atom stereocenters. The van der Waals surface area contributed by atoms with Gasteiger partial charge in [-0.2, -0.15) is 4.31 Å². The van der Waals surface area contributed by atoms with Crippen LogP contribution < -0.4 is 0 Å². The van der Waals surface area contributed by atoms with E-state index in [2.05, 4.69) is 0 Å². The summed E-state index contributed by atoms with van der Waals surface area (Å²) in [5.74, 6) is -1.67. The Labute approximate surface area is 190 Å². The maximum Gasteiger partial charge on any atom is 0.338 e. The van der Waals surface area contributed by atoms with E-state index < -0.39 is 53.7 Å². The van der Waals surface area contributed by atoms with Crippen molar-refractivity contribution in [1.29, 1.82) is 0 Å². The van der Waals surface area contributed by atoms with Crippen LogP contribution in [0.15, 0.2) is 52.3 Å². The molecule has 176 valence electrons. The van der Waals surface area contributed by atoms with E-state index in [9.17, 15) is 36.5 Å². The molecule has 1 fully saturated rings. The standard InChI is InChI=1S/C20H20N2O9S2/c1-32(27,28)19-9-6-15(12-17(19)22(25)26)20(24)31-13-18(23)14-4-7-16(8-5-14)33(29,30)21-10-2-3-11-21/h4-9,12H,2-3,10-11,13H2,1H3. The molecule has 0 spiro atoms. The Bertz CT molecular complexity index is 1310. The molecular formula is C20H20N2O9S2. The molecule has 0 N–H and O–H groups in total. The molecule has 0 unspecified atom stereocenters. The first-order valence-corrected chi connectivity index (χ1v) is 13.0. The van der Waals surface area contributed by atoms with Gasteiger partial charge in [0.25, 0.3) is 5.69 Å². The molecule has 1 aliphatic rings. The smallest absolute Gasteiger partial charge is 0.338 e. The maximum atomic E-state index is 12.5. The van der Waals surface area contributed by atoms with Gasteiger partial charge in [-0.3, -0.25) is 14.9 Å². The van der Waals surface area contributed by atoms with Gasteiger partial charge in [0.15, 0.2) is 22.2 Å². The maximum absolute atomic E-state index is 12.5. The summed E-state index contributed by atoms with van der Waals surface area (Å²) in [4.78, 5) is 34.3. The van der Waals surface area contributed by atoms with Gasteiger partial charge in [0.2, 0.25) is 10.0 Å². The third kappa shape index (κ3) is 5.43. The first kappa shape index (κ1) is 24.5. The topological polar surface area (TPSA) is 158 Å². The van der Waals surface area contributed by atoms with Crippen LogP contribution in [0.4, 0.5) is 5.69 Å². The van der Waals surface area contributed by atoms with Crippen LogP contribution in [-0.4, -0.2) is 63.8 Å². The van der Waals surface area contributed by atoms with Gasteiger partial charge in [-0.15, -0.1) is 0 Å². The van der Waals surface area contributed by atoms with E-state index >= 15 is 0 Å². The van der Waals surface area contributed by atoms with Crippen LogP contribution in [-0.2, 0) is 24.6 Å². The minimum atomic E-state index is -3.90. The number of benzene rings is 2. The number of sulfonamides is 1. The van der Waals surface area contributed by atoms with Crippen molar-refractivity contribution < 1.29 is 36.1 Å². The summed E-state index contributed by atoms with van der Waals surface area (Å²) in [6.45, 7) is 0.198. The lowest BCUT2D eigenvalue weighted by molar-refractivity contribution is -0.387. The predicted molar refractivity (Wildman–Crippen MR) is 115 cm³/mol. The molecule has 0 bridgehead atoms. The number of esters is 1. The molecule has 1 heterocycles. The monoisotopic (exact) mass is 496 g/mol. The fourth-order valence-electron chi connectivity index (χ4n) is 3.29. The second-order valence-electron chi connectivity index (χ2n) is 7.35. The molecule has 0 aromatic heterocycles. The van der Waals surface area contributed by atoms with E-state index in [1.165, 1.54) is 28.6 Å². The van der Waals surface area contributed by atoms with E-state index in [4.69, 9.17) is 4.74 Å². The molecule has 11 nitrogen and oxygen atoms in total. The van der Waals surface area contributed by atoms with Gasteiger partial charge in [-0.1, -0.05) is 0 Å². The summed E-state index contributed by atoms with van der Waals surface area (Å²) >= 11 is 0. The lowest BCUT2D eigenvalue weighted by Crippen LogP contribution is -2.27. The zero-order chi connectivity index (χ0) is 24.4. The number of nitro groups is 1.